The van der Waals surface area contributed by atoms with Gasteiger partial charge in [0, 0.05) is 0 Å². The van der Waals surface area contributed by atoms with E-state index in [1.165, 1.54) is 24.4 Å². The first-order valence-electron chi connectivity index (χ1n) is 9.20. The fourth-order valence-corrected chi connectivity index (χ4v) is 14.0. The SMILES string of the molecule is C=Cc1ccc(C(O[Si](C)(C)O[Si](C)(C)CCCC)[SiH](C)C)cc1. The van der Waals surface area contributed by atoms with Crippen LogP contribution in [0.5, 0.6) is 0 Å². The van der Waals surface area contributed by atoms with Gasteiger partial charge in [0.1, 0.15) is 0 Å². The summed E-state index contributed by atoms with van der Waals surface area (Å²) in [4.78, 5) is 0. The average molecular weight is 381 g/mol. The molecule has 0 aromatic heterocycles. The van der Waals surface area contributed by atoms with Crippen molar-refractivity contribution in [2.75, 3.05) is 0 Å². The molecule has 1 aromatic carbocycles. The highest BCUT2D eigenvalue weighted by Crippen LogP contribution is 2.29. The van der Waals surface area contributed by atoms with Gasteiger partial charge in [0.2, 0.25) is 0 Å². The van der Waals surface area contributed by atoms with Crippen molar-refractivity contribution in [3.05, 3.63) is 42.0 Å². The highest BCUT2D eigenvalue weighted by atomic mass is 28.4. The lowest BCUT2D eigenvalue weighted by Gasteiger charge is -2.37. The van der Waals surface area contributed by atoms with E-state index >= 15 is 0 Å². The average Bonchev–Trinajstić information content (AvgIpc) is 2.49. The lowest BCUT2D eigenvalue weighted by Crippen LogP contribution is -2.48. The van der Waals surface area contributed by atoms with Gasteiger partial charge >= 0.3 is 8.56 Å². The van der Waals surface area contributed by atoms with Gasteiger partial charge in [0.05, 0.1) is 14.5 Å². The Morgan fingerprint density at radius 2 is 1.71 bits per heavy atom. The standard InChI is InChI=1S/C19H36O2Si3/c1-9-11-16-23(5,6)21-24(7,8)20-19(22(3)4)18-14-12-17(10-2)13-15-18/h10,12-15,19,22H,2,9,11,16H2,1,3-8H3. The minimum atomic E-state index is -2.14. The Hall–Kier alpha value is -0.469. The molecule has 0 N–H and O–H groups in total. The zero-order chi connectivity index (χ0) is 18.4. The van der Waals surface area contributed by atoms with Crippen LogP contribution < -0.4 is 0 Å². The molecular formula is C19H36O2Si3. The molecule has 0 amide bonds. The van der Waals surface area contributed by atoms with Crippen LogP contribution in [0, 0.1) is 0 Å². The first kappa shape index (κ1) is 21.6. The Labute approximate surface area is 153 Å². The molecule has 0 aliphatic rings. The molecule has 0 aliphatic heterocycles. The van der Waals surface area contributed by atoms with E-state index in [9.17, 15) is 0 Å². The van der Waals surface area contributed by atoms with E-state index in [1.54, 1.807) is 0 Å². The van der Waals surface area contributed by atoms with Crippen LogP contribution >= 0.6 is 0 Å². The third-order valence-corrected chi connectivity index (χ3v) is 12.7. The molecule has 2 nitrogen and oxygen atoms in total. The summed E-state index contributed by atoms with van der Waals surface area (Å²) in [6.45, 7) is 19.9. The molecule has 0 radical (unpaired) electrons. The molecule has 136 valence electrons. The Bertz CT molecular complexity index is 510. The van der Waals surface area contributed by atoms with Crippen molar-refractivity contribution in [1.82, 2.24) is 0 Å². The van der Waals surface area contributed by atoms with Gasteiger partial charge in [0.25, 0.3) is 0 Å². The summed E-state index contributed by atoms with van der Waals surface area (Å²) in [5, 5.41) is 0. The van der Waals surface area contributed by atoms with Crippen molar-refractivity contribution in [2.45, 2.75) is 70.8 Å². The van der Waals surface area contributed by atoms with Crippen LogP contribution in [0.25, 0.3) is 6.08 Å². The number of hydrogen-bond acceptors (Lipinski definition) is 2. The van der Waals surface area contributed by atoms with Crippen LogP contribution in [0.15, 0.2) is 30.8 Å². The smallest absolute Gasteiger partial charge is 0.321 e. The fraction of sp³-hybridized carbons (Fsp3) is 0.579. The summed E-state index contributed by atoms with van der Waals surface area (Å²) in [5.74, 6) is 0. The van der Waals surface area contributed by atoms with Gasteiger partial charge in [-0.1, -0.05) is 69.8 Å². The number of unbranched alkanes of at least 4 members (excludes halogenated alkanes) is 1. The second-order valence-corrected chi connectivity index (χ2v) is 19.0. The Morgan fingerprint density at radius 1 is 1.12 bits per heavy atom. The minimum absolute atomic E-state index is 0.224. The molecule has 0 bridgehead atoms. The summed E-state index contributed by atoms with van der Waals surface area (Å²) in [5.41, 5.74) is 2.67. The number of benzene rings is 1. The maximum Gasteiger partial charge on any atom is 0.321 e. The van der Waals surface area contributed by atoms with Gasteiger partial charge in [-0.25, -0.2) is 0 Å². The van der Waals surface area contributed by atoms with Crippen LogP contribution in [-0.2, 0) is 8.54 Å². The van der Waals surface area contributed by atoms with E-state index in [0.717, 1.165) is 5.56 Å². The molecule has 1 aromatic rings. The molecule has 1 rings (SSSR count). The maximum atomic E-state index is 6.66. The van der Waals surface area contributed by atoms with Crippen LogP contribution in [0.4, 0.5) is 0 Å². The van der Waals surface area contributed by atoms with E-state index in [1.807, 2.05) is 6.08 Å². The Morgan fingerprint density at radius 3 is 2.17 bits per heavy atom. The monoisotopic (exact) mass is 380 g/mol. The highest BCUT2D eigenvalue weighted by Gasteiger charge is 2.37. The quantitative estimate of drug-likeness (QED) is 0.454. The molecule has 0 spiro atoms. The molecule has 1 unspecified atom stereocenters. The molecule has 1 atom stereocenters. The number of hydrogen-bond donors (Lipinski definition) is 0. The molecule has 0 saturated heterocycles. The van der Waals surface area contributed by atoms with Gasteiger partial charge in [-0.2, -0.15) is 0 Å². The minimum Gasteiger partial charge on any atom is -0.436 e. The first-order valence-corrected chi connectivity index (χ1v) is 18.1. The van der Waals surface area contributed by atoms with Gasteiger partial charge < -0.3 is 8.54 Å². The molecule has 0 aliphatic carbocycles. The predicted octanol–water partition coefficient (Wildman–Crippen LogP) is 6.14. The summed E-state index contributed by atoms with van der Waals surface area (Å²) >= 11 is 0. The first-order chi connectivity index (χ1) is 11.1. The van der Waals surface area contributed by atoms with Gasteiger partial charge in [0.15, 0.2) is 8.32 Å². The topological polar surface area (TPSA) is 18.5 Å². The van der Waals surface area contributed by atoms with Crippen molar-refractivity contribution in [2.24, 2.45) is 0 Å². The summed E-state index contributed by atoms with van der Waals surface area (Å²) in [7, 11) is -4.79. The zero-order valence-electron chi connectivity index (χ0n) is 16.7. The lowest BCUT2D eigenvalue weighted by atomic mass is 10.1. The van der Waals surface area contributed by atoms with Crippen LogP contribution in [0.2, 0.25) is 45.3 Å². The molecule has 24 heavy (non-hydrogen) atoms. The van der Waals surface area contributed by atoms with E-state index < -0.39 is 25.7 Å². The maximum absolute atomic E-state index is 6.66. The van der Waals surface area contributed by atoms with Crippen molar-refractivity contribution < 1.29 is 8.54 Å². The molecule has 5 heteroatoms. The Kier molecular flexibility index (Phi) is 8.35. The normalized spacial score (nSPS) is 14.0. The fourth-order valence-electron chi connectivity index (χ4n) is 3.06. The van der Waals surface area contributed by atoms with Crippen molar-refractivity contribution in [1.29, 1.82) is 0 Å². The van der Waals surface area contributed by atoms with Crippen LogP contribution in [0.3, 0.4) is 0 Å². The van der Waals surface area contributed by atoms with E-state index in [0.29, 0.717) is 0 Å². The second kappa shape index (κ2) is 9.29. The predicted molar refractivity (Wildman–Crippen MR) is 115 cm³/mol. The van der Waals surface area contributed by atoms with Gasteiger partial charge in [-0.15, -0.1) is 0 Å². The second-order valence-electron chi connectivity index (χ2n) is 8.02. The summed E-state index contributed by atoms with van der Waals surface area (Å²) in [6, 6.07) is 9.87. The molecule has 0 fully saturated rings. The van der Waals surface area contributed by atoms with Crippen LogP contribution in [-0.4, -0.2) is 25.7 Å². The Balaban J connectivity index is 2.87. The third-order valence-electron chi connectivity index (χ3n) is 4.17. The molecule has 0 saturated carbocycles. The van der Waals surface area contributed by atoms with E-state index in [4.69, 9.17) is 8.54 Å². The summed E-state index contributed by atoms with van der Waals surface area (Å²) < 4.78 is 13.3. The van der Waals surface area contributed by atoms with E-state index in [-0.39, 0.29) is 5.73 Å². The largest absolute Gasteiger partial charge is 0.436 e. The highest BCUT2D eigenvalue weighted by molar-refractivity contribution is 6.82. The summed E-state index contributed by atoms with van der Waals surface area (Å²) in [6.07, 6.45) is 4.38. The lowest BCUT2D eigenvalue weighted by molar-refractivity contribution is 0.215. The van der Waals surface area contributed by atoms with Gasteiger partial charge in [-0.05, 0) is 43.4 Å². The van der Waals surface area contributed by atoms with Crippen LogP contribution in [0.1, 0.15) is 36.6 Å². The zero-order valence-corrected chi connectivity index (χ0v) is 19.8. The third kappa shape index (κ3) is 7.19. The van der Waals surface area contributed by atoms with Crippen molar-refractivity contribution in [3.63, 3.8) is 0 Å². The molecular weight excluding hydrogens is 344 g/mol. The van der Waals surface area contributed by atoms with Gasteiger partial charge in [-0.3, -0.25) is 0 Å². The number of rotatable bonds is 10. The van der Waals surface area contributed by atoms with E-state index in [2.05, 4.69) is 77.1 Å². The van der Waals surface area contributed by atoms with Crippen molar-refractivity contribution >= 4 is 31.8 Å². The van der Waals surface area contributed by atoms with Crippen molar-refractivity contribution in [3.8, 4) is 0 Å². The molecule has 0 heterocycles.